The summed E-state index contributed by atoms with van der Waals surface area (Å²) in [6.07, 6.45) is 1.80. The molecule has 1 N–H and O–H groups in total. The second-order valence-electron chi connectivity index (χ2n) is 1.95. The van der Waals surface area contributed by atoms with Crippen LogP contribution in [0.3, 0.4) is 0 Å². The third-order valence-electron chi connectivity index (χ3n) is 0.750. The summed E-state index contributed by atoms with van der Waals surface area (Å²) in [6, 6.07) is 0. The molecule has 0 saturated carbocycles. The van der Waals surface area contributed by atoms with Crippen LogP contribution in [-0.2, 0) is 9.53 Å². The van der Waals surface area contributed by atoms with E-state index in [4.69, 9.17) is 4.74 Å². The van der Waals surface area contributed by atoms with Gasteiger partial charge in [-0.15, -0.1) is 0 Å². The lowest BCUT2D eigenvalue weighted by Crippen LogP contribution is -2.19. The molecule has 0 aliphatic carbocycles. The van der Waals surface area contributed by atoms with Gasteiger partial charge >= 0.3 is 6.41 Å². The molecule has 1 radical (unpaired) electrons. The number of carbonyl (C=O) groups excluding carboxylic acids is 1. The highest BCUT2D eigenvalue weighted by molar-refractivity contribution is 5.46. The first-order valence-electron chi connectivity index (χ1n) is 2.99. The predicted octanol–water partition coefficient (Wildman–Crippen LogP) is 0.0682. The number of ether oxygens (including phenoxy) is 1. The molecule has 0 aromatic rings. The van der Waals surface area contributed by atoms with Gasteiger partial charge in [-0.1, -0.05) is 0 Å². The Balaban J connectivity index is 2.82. The van der Waals surface area contributed by atoms with Crippen molar-refractivity contribution < 1.29 is 9.53 Å². The molecule has 0 aromatic heterocycles. The number of amides is 1. The molecule has 0 atom stereocenters. The largest absolute Gasteiger partial charge is 0.377 e. The molecule has 0 unspecified atom stereocenters. The van der Waals surface area contributed by atoms with Crippen molar-refractivity contribution >= 4 is 6.41 Å². The molecule has 0 aromatic carbocycles. The van der Waals surface area contributed by atoms with Gasteiger partial charge in [0.2, 0.25) is 0 Å². The number of nitrogens with one attached hydrogen (secondary N) is 1. The minimum atomic E-state index is 0.235. The lowest BCUT2D eigenvalue weighted by Gasteiger charge is -2.04. The van der Waals surface area contributed by atoms with Crippen LogP contribution in [0.5, 0.6) is 0 Å². The third kappa shape index (κ3) is 7.43. The van der Waals surface area contributed by atoms with E-state index >= 15 is 0 Å². The molecule has 0 saturated heterocycles. The summed E-state index contributed by atoms with van der Waals surface area (Å²) >= 11 is 0. The van der Waals surface area contributed by atoms with E-state index in [1.165, 1.54) is 0 Å². The average molecular weight is 130 g/mol. The van der Waals surface area contributed by atoms with Crippen LogP contribution in [0.25, 0.3) is 0 Å². The Morgan fingerprint density at radius 1 is 1.67 bits per heavy atom. The minimum absolute atomic E-state index is 0.235. The quantitative estimate of drug-likeness (QED) is 0.422. The molecule has 1 amide bonds. The number of rotatable bonds is 5. The van der Waals surface area contributed by atoms with Gasteiger partial charge in [0, 0.05) is 6.54 Å². The van der Waals surface area contributed by atoms with E-state index in [0.29, 0.717) is 13.2 Å². The van der Waals surface area contributed by atoms with Gasteiger partial charge in [0.25, 0.3) is 0 Å². The smallest absolute Gasteiger partial charge is 0.309 e. The van der Waals surface area contributed by atoms with Crippen molar-refractivity contribution in [3.05, 3.63) is 0 Å². The predicted molar refractivity (Wildman–Crippen MR) is 34.8 cm³/mol. The molecule has 9 heavy (non-hydrogen) atoms. The Kier molecular flexibility index (Phi) is 5.21. The van der Waals surface area contributed by atoms with Gasteiger partial charge in [0.05, 0.1) is 12.7 Å². The van der Waals surface area contributed by atoms with Crippen LogP contribution in [0.15, 0.2) is 0 Å². The van der Waals surface area contributed by atoms with E-state index < -0.39 is 0 Å². The number of hydrogen-bond acceptors (Lipinski definition) is 2. The summed E-state index contributed by atoms with van der Waals surface area (Å²) < 4.78 is 5.10. The first kappa shape index (κ1) is 8.43. The number of hydrogen-bond donors (Lipinski definition) is 1. The van der Waals surface area contributed by atoms with Crippen molar-refractivity contribution in [2.45, 2.75) is 20.0 Å². The SMILES string of the molecule is CC(C)OCCN[C]=O. The van der Waals surface area contributed by atoms with Crippen LogP contribution in [0, 0.1) is 0 Å². The molecule has 0 heterocycles. The molecular weight excluding hydrogens is 118 g/mol. The van der Waals surface area contributed by atoms with Gasteiger partial charge in [-0.2, -0.15) is 0 Å². The molecule has 0 spiro atoms. The van der Waals surface area contributed by atoms with Crippen molar-refractivity contribution in [1.82, 2.24) is 5.32 Å². The Bertz CT molecular complexity index is 73.5. The fourth-order valence-electron chi connectivity index (χ4n) is 0.397. The van der Waals surface area contributed by atoms with Crippen molar-refractivity contribution in [3.63, 3.8) is 0 Å². The third-order valence-corrected chi connectivity index (χ3v) is 0.750. The van der Waals surface area contributed by atoms with E-state index in [-0.39, 0.29) is 6.10 Å². The van der Waals surface area contributed by atoms with Crippen LogP contribution in [0.4, 0.5) is 0 Å². The second-order valence-corrected chi connectivity index (χ2v) is 1.95. The van der Waals surface area contributed by atoms with E-state index in [2.05, 4.69) is 5.32 Å². The van der Waals surface area contributed by atoms with E-state index in [0.717, 1.165) is 0 Å². The summed E-state index contributed by atoms with van der Waals surface area (Å²) in [5.41, 5.74) is 0. The topological polar surface area (TPSA) is 38.3 Å². The highest BCUT2D eigenvalue weighted by Crippen LogP contribution is 1.83. The zero-order valence-electron chi connectivity index (χ0n) is 5.81. The Morgan fingerprint density at radius 2 is 2.33 bits per heavy atom. The summed E-state index contributed by atoms with van der Waals surface area (Å²) in [5.74, 6) is 0. The van der Waals surface area contributed by atoms with Gasteiger partial charge in [0.1, 0.15) is 0 Å². The molecule has 53 valence electrons. The zero-order chi connectivity index (χ0) is 7.11. The average Bonchev–Trinajstić information content (AvgIpc) is 1.80. The maximum Gasteiger partial charge on any atom is 0.309 e. The molecule has 0 aliphatic rings. The van der Waals surface area contributed by atoms with Gasteiger partial charge in [-0.25, -0.2) is 0 Å². The van der Waals surface area contributed by atoms with E-state index in [1.54, 1.807) is 6.41 Å². The Morgan fingerprint density at radius 3 is 2.78 bits per heavy atom. The Hall–Kier alpha value is -0.570. The van der Waals surface area contributed by atoms with E-state index in [9.17, 15) is 4.79 Å². The van der Waals surface area contributed by atoms with Gasteiger partial charge < -0.3 is 10.1 Å². The van der Waals surface area contributed by atoms with Crippen molar-refractivity contribution in [2.24, 2.45) is 0 Å². The van der Waals surface area contributed by atoms with Gasteiger partial charge in [-0.05, 0) is 13.8 Å². The van der Waals surface area contributed by atoms with Crippen LogP contribution < -0.4 is 5.32 Å². The molecule has 3 nitrogen and oxygen atoms in total. The zero-order valence-corrected chi connectivity index (χ0v) is 5.81. The van der Waals surface area contributed by atoms with Gasteiger partial charge in [-0.3, -0.25) is 4.79 Å². The standard InChI is InChI=1S/C6H12NO2/c1-6(2)9-4-3-7-5-8/h6H,3-4H2,1-2H3,(H,7,8). The monoisotopic (exact) mass is 130 g/mol. The van der Waals surface area contributed by atoms with Crippen LogP contribution in [0.2, 0.25) is 0 Å². The maximum absolute atomic E-state index is 9.56. The summed E-state index contributed by atoms with van der Waals surface area (Å²) in [7, 11) is 0. The summed E-state index contributed by atoms with van der Waals surface area (Å²) in [6.45, 7) is 5.00. The highest BCUT2D eigenvalue weighted by atomic mass is 16.5. The minimum Gasteiger partial charge on any atom is -0.377 e. The fraction of sp³-hybridized carbons (Fsp3) is 0.833. The summed E-state index contributed by atoms with van der Waals surface area (Å²) in [5, 5.41) is 2.37. The molecule has 0 bridgehead atoms. The van der Waals surface area contributed by atoms with Crippen LogP contribution in [-0.4, -0.2) is 25.7 Å². The molecule has 0 aliphatic heterocycles. The first-order chi connectivity index (χ1) is 4.27. The molecule has 0 fully saturated rings. The lowest BCUT2D eigenvalue weighted by atomic mass is 10.5. The van der Waals surface area contributed by atoms with Crippen LogP contribution >= 0.6 is 0 Å². The second kappa shape index (κ2) is 5.56. The molecule has 3 heteroatoms. The van der Waals surface area contributed by atoms with Crippen molar-refractivity contribution in [2.75, 3.05) is 13.2 Å². The molecule has 0 rings (SSSR count). The van der Waals surface area contributed by atoms with Crippen molar-refractivity contribution in [1.29, 1.82) is 0 Å². The highest BCUT2D eigenvalue weighted by Gasteiger charge is 1.90. The maximum atomic E-state index is 9.56. The normalized spacial score (nSPS) is 9.67. The lowest BCUT2D eigenvalue weighted by molar-refractivity contribution is 0.0829. The van der Waals surface area contributed by atoms with Crippen LogP contribution in [0.1, 0.15) is 13.8 Å². The first-order valence-corrected chi connectivity index (χ1v) is 2.99. The van der Waals surface area contributed by atoms with E-state index in [1.807, 2.05) is 13.8 Å². The molecular formula is C6H12NO2. The fourth-order valence-corrected chi connectivity index (χ4v) is 0.397. The van der Waals surface area contributed by atoms with Gasteiger partial charge in [0.15, 0.2) is 0 Å². The van der Waals surface area contributed by atoms with Crippen molar-refractivity contribution in [3.8, 4) is 0 Å². The summed E-state index contributed by atoms with van der Waals surface area (Å²) in [4.78, 5) is 9.56. The Labute approximate surface area is 55.4 Å².